The molecule has 4 aliphatic rings. The molecule has 1 N–H and O–H groups in total. The van der Waals surface area contributed by atoms with E-state index < -0.39 is 0 Å². The molecular weight excluding hydrogens is 304 g/mol. The molecule has 3 aliphatic carbocycles. The smallest absolute Gasteiger partial charge is 0.246 e. The van der Waals surface area contributed by atoms with Gasteiger partial charge in [-0.05, 0) is 50.4 Å². The highest BCUT2D eigenvalue weighted by Gasteiger charge is 2.58. The highest BCUT2D eigenvalue weighted by atomic mass is 16.2. The normalized spacial score (nSPS) is 33.8. The van der Waals surface area contributed by atoms with E-state index in [0.29, 0.717) is 19.5 Å². The molecule has 4 atom stereocenters. The predicted octanol–water partition coefficient (Wildman–Crippen LogP) is 1.80. The van der Waals surface area contributed by atoms with Crippen molar-refractivity contribution < 1.29 is 14.4 Å². The zero-order chi connectivity index (χ0) is 16.7. The molecule has 0 radical (unpaired) electrons. The van der Waals surface area contributed by atoms with Gasteiger partial charge in [0.05, 0.1) is 11.8 Å². The summed E-state index contributed by atoms with van der Waals surface area (Å²) < 4.78 is 0. The lowest BCUT2D eigenvalue weighted by atomic mass is 9.85. The lowest BCUT2D eigenvalue weighted by Crippen LogP contribution is -2.36. The number of carbonyl (C=O) groups is 3. The van der Waals surface area contributed by atoms with Crippen molar-refractivity contribution in [2.75, 3.05) is 13.1 Å². The van der Waals surface area contributed by atoms with Gasteiger partial charge >= 0.3 is 0 Å². The first kappa shape index (κ1) is 15.6. The Hall–Kier alpha value is -1.91. The van der Waals surface area contributed by atoms with Crippen molar-refractivity contribution in [3.8, 4) is 0 Å². The first-order chi connectivity index (χ1) is 11.7. The van der Waals surface area contributed by atoms with Crippen LogP contribution in [0.15, 0.2) is 23.8 Å². The number of rotatable bonds is 5. The van der Waals surface area contributed by atoms with E-state index in [2.05, 4.69) is 17.5 Å². The molecule has 1 heterocycles. The molecule has 0 spiro atoms. The van der Waals surface area contributed by atoms with Gasteiger partial charge in [-0.25, -0.2) is 0 Å². The Balaban J connectivity index is 1.27. The molecule has 3 amide bonds. The van der Waals surface area contributed by atoms with Gasteiger partial charge in [0.15, 0.2) is 0 Å². The minimum Gasteiger partial charge on any atom is -0.352 e. The molecular formula is C19H24N2O3. The molecule has 4 rings (SSSR count). The molecule has 0 aromatic carbocycles. The van der Waals surface area contributed by atoms with Crippen LogP contribution in [0, 0.1) is 23.7 Å². The van der Waals surface area contributed by atoms with Crippen LogP contribution in [-0.2, 0) is 14.4 Å². The average molecular weight is 328 g/mol. The topological polar surface area (TPSA) is 66.5 Å². The number of amides is 3. The second kappa shape index (κ2) is 6.19. The van der Waals surface area contributed by atoms with Crippen molar-refractivity contribution in [3.05, 3.63) is 23.8 Å². The van der Waals surface area contributed by atoms with Gasteiger partial charge in [0.2, 0.25) is 17.7 Å². The number of carbonyl (C=O) groups excluding carboxylic acids is 3. The fourth-order valence-corrected chi connectivity index (χ4v) is 4.78. The zero-order valence-corrected chi connectivity index (χ0v) is 13.9. The van der Waals surface area contributed by atoms with E-state index in [1.54, 1.807) is 0 Å². The molecule has 1 saturated carbocycles. The van der Waals surface area contributed by atoms with Crippen molar-refractivity contribution in [2.24, 2.45) is 23.7 Å². The van der Waals surface area contributed by atoms with Crippen LogP contribution < -0.4 is 5.32 Å². The summed E-state index contributed by atoms with van der Waals surface area (Å²) in [5.74, 6) is 0.307. The average Bonchev–Trinajstić information content (AvgIpc) is 3.28. The van der Waals surface area contributed by atoms with Crippen molar-refractivity contribution in [3.63, 3.8) is 0 Å². The van der Waals surface area contributed by atoms with Crippen LogP contribution in [0.1, 0.15) is 38.5 Å². The summed E-state index contributed by atoms with van der Waals surface area (Å²) in [6.07, 6.45) is 11.9. The number of nitrogens with zero attached hydrogens (tertiary/aromatic N) is 1. The molecule has 128 valence electrons. The molecule has 5 heteroatoms. The van der Waals surface area contributed by atoms with Crippen LogP contribution in [-0.4, -0.2) is 35.7 Å². The van der Waals surface area contributed by atoms with Gasteiger partial charge in [-0.3, -0.25) is 19.3 Å². The maximum atomic E-state index is 12.5. The van der Waals surface area contributed by atoms with Gasteiger partial charge in [0.25, 0.3) is 0 Å². The van der Waals surface area contributed by atoms with Crippen molar-refractivity contribution >= 4 is 17.7 Å². The van der Waals surface area contributed by atoms with E-state index in [1.165, 1.54) is 4.90 Å². The Bertz CT molecular complexity index is 607. The highest BCUT2D eigenvalue weighted by molar-refractivity contribution is 6.06. The second-order valence-corrected chi connectivity index (χ2v) is 7.41. The number of hydrogen-bond acceptors (Lipinski definition) is 3. The summed E-state index contributed by atoms with van der Waals surface area (Å²) in [6.45, 7) is 0.928. The van der Waals surface area contributed by atoms with Crippen molar-refractivity contribution in [1.82, 2.24) is 10.2 Å². The van der Waals surface area contributed by atoms with E-state index >= 15 is 0 Å². The molecule has 5 nitrogen and oxygen atoms in total. The van der Waals surface area contributed by atoms with Crippen LogP contribution in [0.3, 0.4) is 0 Å². The van der Waals surface area contributed by atoms with Gasteiger partial charge in [-0.2, -0.15) is 0 Å². The predicted molar refractivity (Wildman–Crippen MR) is 88.6 cm³/mol. The summed E-state index contributed by atoms with van der Waals surface area (Å²) in [5, 5.41) is 2.92. The fraction of sp³-hybridized carbons (Fsp3) is 0.632. The van der Waals surface area contributed by atoms with Gasteiger partial charge in [0.1, 0.15) is 0 Å². The number of hydrogen-bond donors (Lipinski definition) is 1. The number of imide groups is 1. The van der Waals surface area contributed by atoms with Crippen LogP contribution in [0.25, 0.3) is 0 Å². The van der Waals surface area contributed by atoms with Gasteiger partial charge in [-0.1, -0.05) is 18.2 Å². The lowest BCUT2D eigenvalue weighted by Gasteiger charge is -2.17. The number of likely N-dealkylation sites (tertiary alicyclic amines) is 1. The number of allylic oxidation sites excluding steroid dienone is 3. The fourth-order valence-electron chi connectivity index (χ4n) is 4.78. The van der Waals surface area contributed by atoms with Gasteiger partial charge in [-0.15, -0.1) is 0 Å². The Morgan fingerprint density at radius 2 is 1.83 bits per heavy atom. The first-order valence-corrected chi connectivity index (χ1v) is 9.17. The third-order valence-electron chi connectivity index (χ3n) is 5.99. The lowest BCUT2D eigenvalue weighted by molar-refractivity contribution is -0.140. The third-order valence-corrected chi connectivity index (χ3v) is 5.99. The number of fused-ring (bicyclic) bond motifs is 5. The van der Waals surface area contributed by atoms with Crippen LogP contribution in [0.2, 0.25) is 0 Å². The molecule has 1 saturated heterocycles. The van der Waals surface area contributed by atoms with Crippen LogP contribution >= 0.6 is 0 Å². The quantitative estimate of drug-likeness (QED) is 0.475. The van der Waals surface area contributed by atoms with E-state index in [4.69, 9.17) is 0 Å². The summed E-state index contributed by atoms with van der Waals surface area (Å²) in [7, 11) is 0. The minimum absolute atomic E-state index is 0.00293. The largest absolute Gasteiger partial charge is 0.352 e. The SMILES string of the molecule is O=C(NCCCN1C(=O)[C@@H]2[C@@H](C1=O)[C@H]1C=C[C@H]2C1)C1=CCCCC1. The van der Waals surface area contributed by atoms with E-state index in [-0.39, 0.29) is 41.4 Å². The molecule has 0 aromatic rings. The number of nitrogens with one attached hydrogen (secondary N) is 1. The summed E-state index contributed by atoms with van der Waals surface area (Å²) in [4.78, 5) is 38.6. The standard InChI is InChI=1S/C19H24N2O3/c22-17(12-5-2-1-3-6-12)20-9-4-10-21-18(23)15-13-7-8-14(11-13)16(15)19(21)24/h5,7-8,13-16H,1-4,6,9-11H2,(H,20,22)/t13-,14-,15-,16-/m0/s1. The zero-order valence-electron chi connectivity index (χ0n) is 13.9. The van der Waals surface area contributed by atoms with E-state index in [0.717, 1.165) is 37.7 Å². The molecule has 2 fully saturated rings. The van der Waals surface area contributed by atoms with Crippen molar-refractivity contribution in [2.45, 2.75) is 38.5 Å². The van der Waals surface area contributed by atoms with Crippen LogP contribution in [0.5, 0.6) is 0 Å². The summed E-state index contributed by atoms with van der Waals surface area (Å²) >= 11 is 0. The molecule has 24 heavy (non-hydrogen) atoms. The Kier molecular flexibility index (Phi) is 4.02. The van der Waals surface area contributed by atoms with Crippen LogP contribution in [0.4, 0.5) is 0 Å². The third kappa shape index (κ3) is 2.50. The maximum absolute atomic E-state index is 12.5. The summed E-state index contributed by atoms with van der Waals surface area (Å²) in [5.41, 5.74) is 0.881. The second-order valence-electron chi connectivity index (χ2n) is 7.41. The van der Waals surface area contributed by atoms with Gasteiger partial charge in [0, 0.05) is 18.7 Å². The molecule has 0 unspecified atom stereocenters. The van der Waals surface area contributed by atoms with E-state index in [9.17, 15) is 14.4 Å². The monoisotopic (exact) mass is 328 g/mol. The Labute approximate surface area is 142 Å². The Morgan fingerprint density at radius 1 is 1.12 bits per heavy atom. The van der Waals surface area contributed by atoms with E-state index in [1.807, 2.05) is 6.08 Å². The molecule has 0 aromatic heterocycles. The highest BCUT2D eigenvalue weighted by Crippen LogP contribution is 2.52. The first-order valence-electron chi connectivity index (χ1n) is 9.17. The summed E-state index contributed by atoms with van der Waals surface area (Å²) in [6, 6.07) is 0. The Morgan fingerprint density at radius 3 is 2.46 bits per heavy atom. The molecule has 2 bridgehead atoms. The minimum atomic E-state index is -0.116. The van der Waals surface area contributed by atoms with Crippen molar-refractivity contribution in [1.29, 1.82) is 0 Å². The molecule has 1 aliphatic heterocycles. The maximum Gasteiger partial charge on any atom is 0.246 e. The van der Waals surface area contributed by atoms with Gasteiger partial charge < -0.3 is 5.32 Å².